The zero-order chi connectivity index (χ0) is 35.9. The van der Waals surface area contributed by atoms with Crippen molar-refractivity contribution < 1.29 is 14.4 Å². The summed E-state index contributed by atoms with van der Waals surface area (Å²) in [5.74, 6) is 0.846. The zero-order valence-electron chi connectivity index (χ0n) is 30.5. The third-order valence-electron chi connectivity index (χ3n) is 12.7. The fourth-order valence-electron chi connectivity index (χ4n) is 9.81. The summed E-state index contributed by atoms with van der Waals surface area (Å²) >= 11 is 0. The van der Waals surface area contributed by atoms with Crippen LogP contribution in [-0.4, -0.2) is 79.4 Å². The fourth-order valence-corrected chi connectivity index (χ4v) is 9.81. The van der Waals surface area contributed by atoms with E-state index in [-0.39, 0.29) is 24.1 Å². The maximum atomic E-state index is 13.1. The van der Waals surface area contributed by atoms with Crippen LogP contribution in [0.2, 0.25) is 0 Å². The van der Waals surface area contributed by atoms with Gasteiger partial charge >= 0.3 is 0 Å². The molecule has 1 N–H and O–H groups in total. The number of anilines is 2. The first-order chi connectivity index (χ1) is 26.0. The van der Waals surface area contributed by atoms with Crippen molar-refractivity contribution in [2.75, 3.05) is 55.6 Å². The number of hydrogen-bond acceptors (Lipinski definition) is 6. The first kappa shape index (κ1) is 33.9. The number of fused-ring (bicyclic) bond motifs is 2. The Balaban J connectivity index is 0.776. The van der Waals surface area contributed by atoms with E-state index in [0.717, 1.165) is 63.5 Å². The minimum atomic E-state index is -0.578. The van der Waals surface area contributed by atoms with Gasteiger partial charge in [-0.25, -0.2) is 0 Å². The molecule has 0 aromatic heterocycles. The lowest BCUT2D eigenvalue weighted by molar-refractivity contribution is -0.136. The molecule has 0 unspecified atom stereocenters. The van der Waals surface area contributed by atoms with Crippen molar-refractivity contribution in [2.45, 2.75) is 62.9 Å². The number of rotatable bonds is 7. The number of carbonyl (C=O) groups excluding carboxylic acids is 3. The molecule has 3 fully saturated rings. The van der Waals surface area contributed by atoms with Crippen molar-refractivity contribution >= 4 is 29.1 Å². The van der Waals surface area contributed by atoms with Crippen molar-refractivity contribution in [3.05, 3.63) is 130 Å². The highest BCUT2D eigenvalue weighted by molar-refractivity contribution is 6.05. The summed E-state index contributed by atoms with van der Waals surface area (Å²) in [7, 11) is 0. The van der Waals surface area contributed by atoms with Gasteiger partial charge in [-0.3, -0.25) is 24.6 Å². The Bertz CT molecular complexity index is 1980. The van der Waals surface area contributed by atoms with Crippen molar-refractivity contribution in [3.63, 3.8) is 0 Å². The molecule has 0 bridgehead atoms. The minimum absolute atomic E-state index is 0.114. The molecule has 272 valence electrons. The Hall–Kier alpha value is -4.95. The Morgan fingerprint density at radius 3 is 2.11 bits per heavy atom. The van der Waals surface area contributed by atoms with Gasteiger partial charge in [0.25, 0.3) is 5.91 Å². The maximum Gasteiger partial charge on any atom is 0.255 e. The topological polar surface area (TPSA) is 76.2 Å². The molecule has 8 nitrogen and oxygen atoms in total. The van der Waals surface area contributed by atoms with Crippen LogP contribution in [0, 0.1) is 5.92 Å². The molecule has 9 rings (SSSR count). The number of benzene rings is 4. The van der Waals surface area contributed by atoms with Crippen molar-refractivity contribution in [1.82, 2.24) is 15.1 Å². The summed E-state index contributed by atoms with van der Waals surface area (Å²) in [6, 6.07) is 35.2. The number of imide groups is 1. The summed E-state index contributed by atoms with van der Waals surface area (Å²) in [5.41, 5.74) is 9.98. The van der Waals surface area contributed by atoms with E-state index in [1.165, 1.54) is 47.2 Å². The SMILES string of the molecule is O=C1CC[C@H](N2Cc3cc(N4CCN(CC5CCN(c6ccc([C@@H]7c8ccccc8CC[C@@H]7c7ccccc7)cc6)CC5)CC4)ccc3C2=O)C(=O)N1. The molecule has 0 radical (unpaired) electrons. The Morgan fingerprint density at radius 1 is 0.623 bits per heavy atom. The first-order valence-corrected chi connectivity index (χ1v) is 19.7. The smallest absolute Gasteiger partial charge is 0.255 e. The lowest BCUT2D eigenvalue weighted by Gasteiger charge is -2.40. The molecule has 5 aliphatic rings. The highest BCUT2D eigenvalue weighted by Gasteiger charge is 2.39. The van der Waals surface area contributed by atoms with Crippen LogP contribution in [0.15, 0.2) is 97.1 Å². The molecular weight excluding hydrogens is 659 g/mol. The van der Waals surface area contributed by atoms with Crippen LogP contribution < -0.4 is 15.1 Å². The molecular formula is C45H49N5O3. The number of amides is 3. The number of piperazine rings is 1. The van der Waals surface area contributed by atoms with Gasteiger partial charge in [0.2, 0.25) is 11.8 Å². The highest BCUT2D eigenvalue weighted by atomic mass is 16.2. The van der Waals surface area contributed by atoms with Gasteiger partial charge < -0.3 is 14.7 Å². The normalized spacial score (nSPS) is 23.9. The second kappa shape index (κ2) is 14.5. The predicted molar refractivity (Wildman–Crippen MR) is 208 cm³/mol. The van der Waals surface area contributed by atoms with E-state index in [9.17, 15) is 14.4 Å². The maximum absolute atomic E-state index is 13.1. The van der Waals surface area contributed by atoms with Crippen LogP contribution in [0.25, 0.3) is 0 Å². The van der Waals surface area contributed by atoms with E-state index in [0.29, 0.717) is 36.3 Å². The van der Waals surface area contributed by atoms with Gasteiger partial charge in [0, 0.05) is 81.6 Å². The molecule has 4 aromatic carbocycles. The van der Waals surface area contributed by atoms with Crippen molar-refractivity contribution in [2.24, 2.45) is 5.92 Å². The van der Waals surface area contributed by atoms with Gasteiger partial charge in [0.1, 0.15) is 6.04 Å². The lowest BCUT2D eigenvalue weighted by Crippen LogP contribution is -2.52. The molecule has 1 aliphatic carbocycles. The first-order valence-electron chi connectivity index (χ1n) is 19.7. The number of carbonyl (C=O) groups is 3. The summed E-state index contributed by atoms with van der Waals surface area (Å²) in [6.45, 7) is 7.78. The molecule has 4 aliphatic heterocycles. The summed E-state index contributed by atoms with van der Waals surface area (Å²) in [4.78, 5) is 46.5. The molecule has 53 heavy (non-hydrogen) atoms. The zero-order valence-corrected chi connectivity index (χ0v) is 30.5. The average Bonchev–Trinajstić information content (AvgIpc) is 3.53. The number of hydrogen-bond donors (Lipinski definition) is 1. The number of nitrogens with zero attached hydrogens (tertiary/aromatic N) is 4. The third-order valence-corrected chi connectivity index (χ3v) is 12.7. The molecule has 3 saturated heterocycles. The van der Waals surface area contributed by atoms with Crippen LogP contribution in [0.5, 0.6) is 0 Å². The predicted octanol–water partition coefficient (Wildman–Crippen LogP) is 6.35. The van der Waals surface area contributed by atoms with Gasteiger partial charge in [-0.15, -0.1) is 0 Å². The van der Waals surface area contributed by atoms with Crippen LogP contribution >= 0.6 is 0 Å². The monoisotopic (exact) mass is 707 g/mol. The van der Waals surface area contributed by atoms with Gasteiger partial charge in [0.15, 0.2) is 0 Å². The van der Waals surface area contributed by atoms with E-state index in [1.54, 1.807) is 4.90 Å². The lowest BCUT2D eigenvalue weighted by atomic mass is 9.69. The number of aryl methyl sites for hydroxylation is 1. The minimum Gasteiger partial charge on any atom is -0.372 e. The second-order valence-corrected chi connectivity index (χ2v) is 15.8. The van der Waals surface area contributed by atoms with E-state index >= 15 is 0 Å². The number of piperidine rings is 2. The summed E-state index contributed by atoms with van der Waals surface area (Å²) in [5, 5.41) is 2.39. The van der Waals surface area contributed by atoms with Gasteiger partial charge in [-0.2, -0.15) is 0 Å². The van der Waals surface area contributed by atoms with Crippen molar-refractivity contribution in [1.29, 1.82) is 0 Å². The fraction of sp³-hybridized carbons (Fsp3) is 0.400. The largest absolute Gasteiger partial charge is 0.372 e. The molecule has 4 heterocycles. The van der Waals surface area contributed by atoms with Gasteiger partial charge in [0.05, 0.1) is 0 Å². The van der Waals surface area contributed by atoms with Gasteiger partial charge in [-0.1, -0.05) is 66.7 Å². The van der Waals surface area contributed by atoms with Crippen LogP contribution in [0.4, 0.5) is 11.4 Å². The van der Waals surface area contributed by atoms with E-state index < -0.39 is 6.04 Å². The van der Waals surface area contributed by atoms with E-state index in [4.69, 9.17) is 0 Å². The van der Waals surface area contributed by atoms with E-state index in [2.05, 4.69) is 111 Å². The molecule has 0 saturated carbocycles. The molecule has 3 amide bonds. The highest BCUT2D eigenvalue weighted by Crippen LogP contribution is 2.46. The van der Waals surface area contributed by atoms with Crippen LogP contribution in [0.1, 0.15) is 82.1 Å². The average molecular weight is 708 g/mol. The molecule has 0 spiro atoms. The third kappa shape index (κ3) is 6.74. The van der Waals surface area contributed by atoms with E-state index in [1.807, 2.05) is 6.07 Å². The Labute approximate surface area is 312 Å². The molecule has 8 heteroatoms. The summed E-state index contributed by atoms with van der Waals surface area (Å²) in [6.07, 6.45) is 5.41. The summed E-state index contributed by atoms with van der Waals surface area (Å²) < 4.78 is 0. The Morgan fingerprint density at radius 2 is 1.34 bits per heavy atom. The second-order valence-electron chi connectivity index (χ2n) is 15.8. The quantitative estimate of drug-likeness (QED) is 0.226. The molecule has 4 aromatic rings. The van der Waals surface area contributed by atoms with Crippen molar-refractivity contribution in [3.8, 4) is 0 Å². The van der Waals surface area contributed by atoms with Gasteiger partial charge in [-0.05, 0) is 102 Å². The van der Waals surface area contributed by atoms with Crippen LogP contribution in [-0.2, 0) is 22.6 Å². The van der Waals surface area contributed by atoms with Crippen LogP contribution in [0.3, 0.4) is 0 Å². The standard InChI is InChI=1S/C45H49N5O3/c51-42-19-18-41(44(52)46-42)50-30-35-28-37(15-17-40(35)45(50)53)49-26-24-47(25-27-49)29-31-20-22-48(23-21-31)36-13-10-34(11-14-36)43-38-9-5-4-8-33(38)12-16-39(43)32-6-2-1-3-7-32/h1-11,13-15,17,28,31,39,41,43H,12,16,18-27,29-30H2,(H,46,51,52)/t39-,41+,43-/m1/s1. The number of nitrogens with one attached hydrogen (secondary N) is 1. The molecule has 3 atom stereocenters. The Kier molecular flexibility index (Phi) is 9.24.